The van der Waals surface area contributed by atoms with Crippen molar-refractivity contribution in [2.45, 2.75) is 25.8 Å². The predicted molar refractivity (Wildman–Crippen MR) is 69.5 cm³/mol. The number of aliphatic hydroxyl groups is 1. The van der Waals surface area contributed by atoms with Crippen LogP contribution in [0.15, 0.2) is 34.9 Å². The Morgan fingerprint density at radius 3 is 2.83 bits per heavy atom. The number of para-hydroxylation sites is 1. The van der Waals surface area contributed by atoms with Gasteiger partial charge < -0.3 is 14.8 Å². The number of rotatable bonds is 4. The second-order valence-corrected chi connectivity index (χ2v) is 4.67. The Hall–Kier alpha value is -1.81. The first kappa shape index (κ1) is 12.6. The average Bonchev–Trinajstić information content (AvgIpc) is 2.82. The second-order valence-electron chi connectivity index (χ2n) is 4.67. The molecule has 2 aromatic rings. The molecular weight excluding hydrogens is 230 g/mol. The summed E-state index contributed by atoms with van der Waals surface area (Å²) >= 11 is 0. The van der Waals surface area contributed by atoms with E-state index in [2.05, 4.69) is 5.32 Å². The van der Waals surface area contributed by atoms with Crippen LogP contribution < -0.4 is 5.32 Å². The lowest BCUT2D eigenvalue weighted by molar-refractivity contribution is 0.0848. The van der Waals surface area contributed by atoms with Crippen molar-refractivity contribution in [1.29, 1.82) is 0 Å². The van der Waals surface area contributed by atoms with E-state index in [1.807, 2.05) is 38.1 Å². The minimum Gasteiger partial charge on any atom is -0.463 e. The quantitative estimate of drug-likeness (QED) is 0.871. The topological polar surface area (TPSA) is 62.5 Å². The van der Waals surface area contributed by atoms with Crippen molar-refractivity contribution < 1.29 is 14.3 Å². The molecule has 18 heavy (non-hydrogen) atoms. The molecule has 1 aromatic heterocycles. The monoisotopic (exact) mass is 247 g/mol. The summed E-state index contributed by atoms with van der Waals surface area (Å²) in [4.78, 5) is 12.2. The predicted octanol–water partition coefficient (Wildman–Crippen LogP) is 2.32. The van der Waals surface area contributed by atoms with Crippen LogP contribution in [0.3, 0.4) is 0 Å². The molecule has 0 radical (unpaired) electrons. The highest BCUT2D eigenvalue weighted by molar-refractivity contribution is 6.06. The SMILES string of the molecule is CCC(C)(CO)NC(=O)c1coc2ccccc12. The molecule has 0 aliphatic carbocycles. The van der Waals surface area contributed by atoms with Gasteiger partial charge in [0.25, 0.3) is 5.91 Å². The Morgan fingerprint density at radius 1 is 1.44 bits per heavy atom. The molecule has 4 heteroatoms. The van der Waals surface area contributed by atoms with Crippen LogP contribution in [0.4, 0.5) is 0 Å². The number of amides is 1. The molecule has 0 bridgehead atoms. The average molecular weight is 247 g/mol. The normalized spacial score (nSPS) is 14.4. The van der Waals surface area contributed by atoms with Crippen molar-refractivity contribution in [2.24, 2.45) is 0 Å². The van der Waals surface area contributed by atoms with Gasteiger partial charge in [-0.15, -0.1) is 0 Å². The molecule has 0 aliphatic rings. The van der Waals surface area contributed by atoms with Gasteiger partial charge >= 0.3 is 0 Å². The maximum absolute atomic E-state index is 12.2. The number of furan rings is 1. The maximum Gasteiger partial charge on any atom is 0.255 e. The Labute approximate surface area is 106 Å². The molecule has 1 atom stereocenters. The third kappa shape index (κ3) is 2.24. The van der Waals surface area contributed by atoms with Gasteiger partial charge in [-0.05, 0) is 19.4 Å². The van der Waals surface area contributed by atoms with E-state index in [1.54, 1.807) is 0 Å². The van der Waals surface area contributed by atoms with Crippen LogP contribution in [0.25, 0.3) is 11.0 Å². The number of aliphatic hydroxyl groups excluding tert-OH is 1. The van der Waals surface area contributed by atoms with Gasteiger partial charge in [0, 0.05) is 5.39 Å². The minimum absolute atomic E-state index is 0.0922. The van der Waals surface area contributed by atoms with E-state index in [1.165, 1.54) is 6.26 Å². The van der Waals surface area contributed by atoms with Crippen molar-refractivity contribution >= 4 is 16.9 Å². The van der Waals surface area contributed by atoms with E-state index in [4.69, 9.17) is 4.42 Å². The summed E-state index contributed by atoms with van der Waals surface area (Å²) in [6.07, 6.45) is 2.11. The fourth-order valence-corrected chi connectivity index (χ4v) is 1.73. The van der Waals surface area contributed by atoms with Gasteiger partial charge in [0.15, 0.2) is 0 Å². The fraction of sp³-hybridized carbons (Fsp3) is 0.357. The van der Waals surface area contributed by atoms with Crippen molar-refractivity contribution in [3.05, 3.63) is 36.1 Å². The highest BCUT2D eigenvalue weighted by atomic mass is 16.3. The summed E-state index contributed by atoms with van der Waals surface area (Å²) < 4.78 is 5.33. The van der Waals surface area contributed by atoms with E-state index in [0.717, 1.165) is 5.39 Å². The number of fused-ring (bicyclic) bond motifs is 1. The van der Waals surface area contributed by atoms with Crippen molar-refractivity contribution in [3.63, 3.8) is 0 Å². The maximum atomic E-state index is 12.2. The van der Waals surface area contributed by atoms with Gasteiger partial charge in [0.05, 0.1) is 17.7 Å². The van der Waals surface area contributed by atoms with E-state index in [9.17, 15) is 9.90 Å². The zero-order valence-corrected chi connectivity index (χ0v) is 10.6. The summed E-state index contributed by atoms with van der Waals surface area (Å²) in [5, 5.41) is 12.9. The molecular formula is C14H17NO3. The molecule has 4 nitrogen and oxygen atoms in total. The molecule has 96 valence electrons. The largest absolute Gasteiger partial charge is 0.463 e. The lowest BCUT2D eigenvalue weighted by atomic mass is 9.99. The Bertz CT molecular complexity index is 555. The third-order valence-electron chi connectivity index (χ3n) is 3.27. The van der Waals surface area contributed by atoms with Gasteiger partial charge in [0.1, 0.15) is 11.8 Å². The van der Waals surface area contributed by atoms with Crippen molar-refractivity contribution in [2.75, 3.05) is 6.61 Å². The molecule has 0 aliphatic heterocycles. The first-order valence-electron chi connectivity index (χ1n) is 5.99. The molecule has 0 fully saturated rings. The number of hydrogen-bond acceptors (Lipinski definition) is 3. The van der Waals surface area contributed by atoms with Crippen LogP contribution in [0.5, 0.6) is 0 Å². The molecule has 0 saturated carbocycles. The zero-order chi connectivity index (χ0) is 13.2. The van der Waals surface area contributed by atoms with Crippen LogP contribution in [-0.4, -0.2) is 23.2 Å². The van der Waals surface area contributed by atoms with Crippen LogP contribution in [-0.2, 0) is 0 Å². The van der Waals surface area contributed by atoms with Crippen molar-refractivity contribution in [3.8, 4) is 0 Å². The summed E-state index contributed by atoms with van der Waals surface area (Å²) in [7, 11) is 0. The lowest BCUT2D eigenvalue weighted by Crippen LogP contribution is -2.48. The second kappa shape index (κ2) is 4.82. The van der Waals surface area contributed by atoms with Gasteiger partial charge in [-0.2, -0.15) is 0 Å². The van der Waals surface area contributed by atoms with E-state index >= 15 is 0 Å². The van der Waals surface area contributed by atoms with Crippen LogP contribution in [0.1, 0.15) is 30.6 Å². The highest BCUT2D eigenvalue weighted by Gasteiger charge is 2.25. The Kier molecular flexibility index (Phi) is 3.39. The molecule has 1 unspecified atom stereocenters. The molecule has 1 aromatic carbocycles. The lowest BCUT2D eigenvalue weighted by Gasteiger charge is -2.26. The molecule has 2 rings (SSSR count). The zero-order valence-electron chi connectivity index (χ0n) is 10.6. The Morgan fingerprint density at radius 2 is 2.17 bits per heavy atom. The van der Waals surface area contributed by atoms with Gasteiger partial charge in [-0.25, -0.2) is 0 Å². The minimum atomic E-state index is -0.602. The van der Waals surface area contributed by atoms with Gasteiger partial charge in [-0.1, -0.05) is 25.1 Å². The van der Waals surface area contributed by atoms with Crippen LogP contribution in [0, 0.1) is 0 Å². The standard InChI is InChI=1S/C14H17NO3/c1-3-14(2,9-16)15-13(17)11-8-18-12-7-5-4-6-10(11)12/h4-8,16H,3,9H2,1-2H3,(H,15,17). The number of carbonyl (C=O) groups is 1. The summed E-state index contributed by atoms with van der Waals surface area (Å²) in [6.45, 7) is 3.64. The van der Waals surface area contributed by atoms with Crippen molar-refractivity contribution in [1.82, 2.24) is 5.32 Å². The fourth-order valence-electron chi connectivity index (χ4n) is 1.73. The Balaban J connectivity index is 2.29. The van der Waals surface area contributed by atoms with E-state index in [0.29, 0.717) is 17.6 Å². The van der Waals surface area contributed by atoms with Crippen LogP contribution >= 0.6 is 0 Å². The first-order valence-corrected chi connectivity index (χ1v) is 5.99. The summed E-state index contributed by atoms with van der Waals surface area (Å²) in [5.74, 6) is -0.224. The number of nitrogens with one attached hydrogen (secondary N) is 1. The molecule has 0 spiro atoms. The molecule has 1 amide bonds. The highest BCUT2D eigenvalue weighted by Crippen LogP contribution is 2.21. The smallest absolute Gasteiger partial charge is 0.255 e. The van der Waals surface area contributed by atoms with Gasteiger partial charge in [-0.3, -0.25) is 4.79 Å². The number of carbonyl (C=O) groups excluding carboxylic acids is 1. The first-order chi connectivity index (χ1) is 8.59. The summed E-state index contributed by atoms with van der Waals surface area (Å²) in [5.41, 5.74) is 0.582. The van der Waals surface area contributed by atoms with Crippen LogP contribution in [0.2, 0.25) is 0 Å². The van der Waals surface area contributed by atoms with Gasteiger partial charge in [0.2, 0.25) is 0 Å². The number of benzene rings is 1. The molecule has 0 saturated heterocycles. The molecule has 2 N–H and O–H groups in total. The van der Waals surface area contributed by atoms with E-state index in [-0.39, 0.29) is 12.5 Å². The molecule has 1 heterocycles. The summed E-state index contributed by atoms with van der Waals surface area (Å²) in [6, 6.07) is 7.38. The third-order valence-corrected chi connectivity index (χ3v) is 3.27. The number of hydrogen-bond donors (Lipinski definition) is 2. The van der Waals surface area contributed by atoms with E-state index < -0.39 is 5.54 Å².